The van der Waals surface area contributed by atoms with E-state index in [-0.39, 0.29) is 11.8 Å². The van der Waals surface area contributed by atoms with Crippen LogP contribution in [0.2, 0.25) is 0 Å². The lowest BCUT2D eigenvalue weighted by Crippen LogP contribution is -2.58. The number of piperidine rings is 3. The van der Waals surface area contributed by atoms with E-state index in [0.717, 1.165) is 12.1 Å². The van der Waals surface area contributed by atoms with Crippen LogP contribution in [0, 0.1) is 5.92 Å². The van der Waals surface area contributed by atoms with Gasteiger partial charge in [-0.15, -0.1) is 0 Å². The van der Waals surface area contributed by atoms with Crippen molar-refractivity contribution in [1.29, 1.82) is 0 Å². The van der Waals surface area contributed by atoms with Crippen molar-refractivity contribution in [2.24, 2.45) is 11.7 Å². The Balaban J connectivity index is 1.66. The summed E-state index contributed by atoms with van der Waals surface area (Å²) in [7, 11) is 0. The Morgan fingerprint density at radius 3 is 2.55 bits per heavy atom. The van der Waals surface area contributed by atoms with Crippen molar-refractivity contribution >= 4 is 5.91 Å². The summed E-state index contributed by atoms with van der Waals surface area (Å²) in [5, 5.41) is 3.24. The van der Waals surface area contributed by atoms with E-state index in [4.69, 9.17) is 5.73 Å². The van der Waals surface area contributed by atoms with Gasteiger partial charge in [0.25, 0.3) is 0 Å². The van der Waals surface area contributed by atoms with E-state index >= 15 is 0 Å². The maximum atomic E-state index is 12.5. The standard InChI is InChI=1S/C16H23N3O/c17-10-14(12-4-2-1-3-5-12)16(20)18-15-11-19-8-6-13(15)7-9-19/h1-5,13-15H,6-11,17H2,(H,18,20). The van der Waals surface area contributed by atoms with Gasteiger partial charge in [0.1, 0.15) is 0 Å². The van der Waals surface area contributed by atoms with Crippen molar-refractivity contribution in [2.45, 2.75) is 24.8 Å². The van der Waals surface area contributed by atoms with E-state index in [9.17, 15) is 4.79 Å². The van der Waals surface area contributed by atoms with Crippen molar-refractivity contribution in [3.05, 3.63) is 35.9 Å². The molecular weight excluding hydrogens is 250 g/mol. The zero-order chi connectivity index (χ0) is 13.9. The maximum Gasteiger partial charge on any atom is 0.229 e. The Morgan fingerprint density at radius 1 is 1.30 bits per heavy atom. The molecular formula is C16H23N3O. The Kier molecular flexibility index (Phi) is 4.03. The zero-order valence-electron chi connectivity index (χ0n) is 11.8. The second-order valence-electron chi connectivity index (χ2n) is 5.95. The van der Waals surface area contributed by atoms with Crippen LogP contribution in [0.4, 0.5) is 0 Å². The number of amides is 1. The average molecular weight is 273 g/mol. The molecule has 4 heteroatoms. The van der Waals surface area contributed by atoms with Gasteiger partial charge in [-0.05, 0) is 37.4 Å². The molecule has 2 atom stereocenters. The predicted molar refractivity (Wildman–Crippen MR) is 79.3 cm³/mol. The molecule has 20 heavy (non-hydrogen) atoms. The molecule has 4 rings (SSSR count). The molecule has 3 aliphatic heterocycles. The van der Waals surface area contributed by atoms with E-state index in [1.807, 2.05) is 30.3 Å². The van der Waals surface area contributed by atoms with Crippen LogP contribution in [0.3, 0.4) is 0 Å². The smallest absolute Gasteiger partial charge is 0.229 e. The molecule has 3 aliphatic rings. The van der Waals surface area contributed by atoms with Gasteiger partial charge in [-0.1, -0.05) is 30.3 Å². The van der Waals surface area contributed by atoms with Crippen molar-refractivity contribution < 1.29 is 4.79 Å². The van der Waals surface area contributed by atoms with Gasteiger partial charge in [-0.2, -0.15) is 0 Å². The van der Waals surface area contributed by atoms with Gasteiger partial charge in [0.2, 0.25) is 5.91 Å². The van der Waals surface area contributed by atoms with E-state index in [2.05, 4.69) is 10.2 Å². The van der Waals surface area contributed by atoms with E-state index in [1.54, 1.807) is 0 Å². The second kappa shape index (κ2) is 5.94. The summed E-state index contributed by atoms with van der Waals surface area (Å²) in [6, 6.07) is 10.1. The first kappa shape index (κ1) is 13.6. The number of hydrogen-bond donors (Lipinski definition) is 2. The molecule has 3 N–H and O–H groups in total. The molecule has 0 spiro atoms. The minimum atomic E-state index is -0.230. The highest BCUT2D eigenvalue weighted by molar-refractivity contribution is 5.84. The SMILES string of the molecule is NCC(C(=O)NC1CN2CCC1CC2)c1ccccc1. The van der Waals surface area contributed by atoms with Crippen LogP contribution in [0.5, 0.6) is 0 Å². The number of hydrogen-bond acceptors (Lipinski definition) is 3. The fraction of sp³-hybridized carbons (Fsp3) is 0.562. The molecule has 3 saturated heterocycles. The molecule has 3 fully saturated rings. The lowest BCUT2D eigenvalue weighted by Gasteiger charge is -2.45. The highest BCUT2D eigenvalue weighted by Crippen LogP contribution is 2.28. The van der Waals surface area contributed by atoms with E-state index in [1.165, 1.54) is 25.9 Å². The summed E-state index contributed by atoms with van der Waals surface area (Å²) in [4.78, 5) is 15.0. The molecule has 2 bridgehead atoms. The predicted octanol–water partition coefficient (Wildman–Crippen LogP) is 0.939. The van der Waals surface area contributed by atoms with Crippen LogP contribution in [0.25, 0.3) is 0 Å². The number of rotatable bonds is 4. The molecule has 0 saturated carbocycles. The van der Waals surface area contributed by atoms with Gasteiger partial charge in [0.05, 0.1) is 5.92 Å². The Hall–Kier alpha value is -1.39. The second-order valence-corrected chi connectivity index (χ2v) is 5.95. The summed E-state index contributed by atoms with van der Waals surface area (Å²) < 4.78 is 0. The van der Waals surface area contributed by atoms with Gasteiger partial charge in [-0.3, -0.25) is 4.79 Å². The first-order valence-electron chi connectivity index (χ1n) is 7.55. The average Bonchev–Trinajstić information content (AvgIpc) is 2.50. The molecule has 1 aromatic carbocycles. The van der Waals surface area contributed by atoms with Gasteiger partial charge >= 0.3 is 0 Å². The molecule has 1 amide bonds. The third-order valence-corrected chi connectivity index (χ3v) is 4.74. The first-order chi connectivity index (χ1) is 9.78. The molecule has 3 heterocycles. The van der Waals surface area contributed by atoms with Crippen LogP contribution in [0.15, 0.2) is 30.3 Å². The quantitative estimate of drug-likeness (QED) is 0.858. The number of nitrogens with zero attached hydrogens (tertiary/aromatic N) is 1. The maximum absolute atomic E-state index is 12.5. The Morgan fingerprint density at radius 2 is 2.00 bits per heavy atom. The van der Waals surface area contributed by atoms with Crippen LogP contribution in [0.1, 0.15) is 24.3 Å². The highest BCUT2D eigenvalue weighted by Gasteiger charge is 2.35. The Labute approximate surface area is 120 Å². The van der Waals surface area contributed by atoms with Gasteiger partial charge in [0.15, 0.2) is 0 Å². The third kappa shape index (κ3) is 2.72. The van der Waals surface area contributed by atoms with Gasteiger partial charge in [0, 0.05) is 19.1 Å². The third-order valence-electron chi connectivity index (χ3n) is 4.74. The molecule has 0 aromatic heterocycles. The molecule has 2 unspecified atom stereocenters. The number of nitrogens with one attached hydrogen (secondary N) is 1. The Bertz CT molecular complexity index is 454. The van der Waals surface area contributed by atoms with Crippen molar-refractivity contribution in [3.63, 3.8) is 0 Å². The number of fused-ring (bicyclic) bond motifs is 3. The summed E-state index contributed by atoms with van der Waals surface area (Å²) in [6.07, 6.45) is 2.42. The minimum absolute atomic E-state index is 0.0810. The molecule has 0 aliphatic carbocycles. The summed E-state index contributed by atoms with van der Waals surface area (Å²) in [5.41, 5.74) is 6.82. The molecule has 4 nitrogen and oxygen atoms in total. The van der Waals surface area contributed by atoms with E-state index in [0.29, 0.717) is 18.5 Å². The van der Waals surface area contributed by atoms with Crippen molar-refractivity contribution in [1.82, 2.24) is 10.2 Å². The number of carbonyl (C=O) groups is 1. The van der Waals surface area contributed by atoms with E-state index < -0.39 is 0 Å². The zero-order valence-corrected chi connectivity index (χ0v) is 11.8. The number of nitrogens with two attached hydrogens (primary N) is 1. The van der Waals surface area contributed by atoms with Gasteiger partial charge in [-0.25, -0.2) is 0 Å². The first-order valence-corrected chi connectivity index (χ1v) is 7.55. The van der Waals surface area contributed by atoms with Crippen molar-refractivity contribution in [2.75, 3.05) is 26.2 Å². The fourth-order valence-corrected chi connectivity index (χ4v) is 3.49. The number of benzene rings is 1. The normalized spacial score (nSPS) is 29.9. The minimum Gasteiger partial charge on any atom is -0.351 e. The molecule has 108 valence electrons. The monoisotopic (exact) mass is 273 g/mol. The summed E-state index contributed by atoms with van der Waals surface area (Å²) >= 11 is 0. The lowest BCUT2D eigenvalue weighted by atomic mass is 9.83. The fourth-order valence-electron chi connectivity index (χ4n) is 3.49. The van der Waals surface area contributed by atoms with Crippen LogP contribution in [-0.2, 0) is 4.79 Å². The highest BCUT2D eigenvalue weighted by atomic mass is 16.2. The largest absolute Gasteiger partial charge is 0.351 e. The number of carbonyl (C=O) groups excluding carboxylic acids is 1. The van der Waals surface area contributed by atoms with Crippen LogP contribution >= 0.6 is 0 Å². The molecule has 1 aromatic rings. The lowest BCUT2D eigenvalue weighted by molar-refractivity contribution is -0.124. The summed E-state index contributed by atoms with van der Waals surface area (Å²) in [6.45, 7) is 3.74. The van der Waals surface area contributed by atoms with Crippen LogP contribution in [-0.4, -0.2) is 43.0 Å². The van der Waals surface area contributed by atoms with Gasteiger partial charge < -0.3 is 16.0 Å². The summed E-state index contributed by atoms with van der Waals surface area (Å²) in [5.74, 6) is 0.502. The van der Waals surface area contributed by atoms with Crippen LogP contribution < -0.4 is 11.1 Å². The van der Waals surface area contributed by atoms with Crippen molar-refractivity contribution in [3.8, 4) is 0 Å². The molecule has 0 radical (unpaired) electrons. The topological polar surface area (TPSA) is 58.4 Å².